The second kappa shape index (κ2) is 6.04. The van der Waals surface area contributed by atoms with E-state index in [1.54, 1.807) is 19.9 Å². The van der Waals surface area contributed by atoms with Crippen LogP contribution in [0.2, 0.25) is 0 Å². The van der Waals surface area contributed by atoms with Crippen molar-refractivity contribution < 1.29 is 9.92 Å². The van der Waals surface area contributed by atoms with E-state index in [0.717, 1.165) is 0 Å². The molecule has 0 bridgehead atoms. The molecule has 0 aliphatic rings. The molecule has 0 unspecified atom stereocenters. The minimum atomic E-state index is -0.503. The maximum atomic E-state index is 11.6. The van der Waals surface area contributed by atoms with Gasteiger partial charge in [0.1, 0.15) is 0 Å². The molecule has 0 radical (unpaired) electrons. The molecule has 22 heavy (non-hydrogen) atoms. The number of nitro groups is 1. The highest BCUT2D eigenvalue weighted by molar-refractivity contribution is 5.88. The lowest BCUT2D eigenvalue weighted by Gasteiger charge is -2.02. The van der Waals surface area contributed by atoms with Gasteiger partial charge in [0.25, 0.3) is 17.2 Å². The van der Waals surface area contributed by atoms with Crippen molar-refractivity contribution >= 4 is 23.3 Å². The van der Waals surface area contributed by atoms with Crippen molar-refractivity contribution in [2.75, 3.05) is 5.32 Å². The van der Waals surface area contributed by atoms with Gasteiger partial charge in [0.2, 0.25) is 0 Å². The molecule has 0 atom stereocenters. The number of H-pyrrole nitrogens is 1. The number of aryl methyl sites for hydroxylation is 1. The third-order valence-corrected chi connectivity index (χ3v) is 2.98. The van der Waals surface area contributed by atoms with Crippen molar-refractivity contribution in [3.05, 3.63) is 56.0 Å². The van der Waals surface area contributed by atoms with Crippen LogP contribution in [-0.2, 0) is 0 Å². The van der Waals surface area contributed by atoms with Gasteiger partial charge in [-0.3, -0.25) is 20.2 Å². The number of non-ortho nitro benzene ring substituents is 1. The molecule has 0 spiro atoms. The van der Waals surface area contributed by atoms with E-state index in [0.29, 0.717) is 16.9 Å². The molecular weight excluding hydrogens is 288 g/mol. The molecule has 2 aromatic rings. The Morgan fingerprint density at radius 1 is 1.45 bits per heavy atom. The molecule has 1 heterocycles. The number of hydrogen-bond acceptors (Lipinski definition) is 4. The van der Waals surface area contributed by atoms with Crippen molar-refractivity contribution in [1.29, 1.82) is 0 Å². The zero-order valence-electron chi connectivity index (χ0n) is 12.0. The number of nitrogens with two attached hydrogens (primary N) is 1. The third-order valence-electron chi connectivity index (χ3n) is 2.98. The Labute approximate surface area is 125 Å². The van der Waals surface area contributed by atoms with Gasteiger partial charge >= 0.3 is 5.95 Å². The van der Waals surface area contributed by atoms with Crippen molar-refractivity contribution in [3.63, 3.8) is 0 Å². The van der Waals surface area contributed by atoms with Crippen LogP contribution in [0.4, 0.5) is 17.3 Å². The highest BCUT2D eigenvalue weighted by Crippen LogP contribution is 2.16. The van der Waals surface area contributed by atoms with Gasteiger partial charge in [0.15, 0.2) is 0 Å². The summed E-state index contributed by atoms with van der Waals surface area (Å²) in [5, 5.41) is 13.5. The van der Waals surface area contributed by atoms with Crippen molar-refractivity contribution in [1.82, 2.24) is 9.97 Å². The first-order chi connectivity index (χ1) is 10.4. The molecule has 114 valence electrons. The Balaban J connectivity index is 2.25. The van der Waals surface area contributed by atoms with Crippen LogP contribution < -0.4 is 21.6 Å². The number of nitro benzene ring substituents is 1. The first-order valence-corrected chi connectivity index (χ1v) is 6.35. The molecule has 9 nitrogen and oxygen atoms in total. The van der Waals surface area contributed by atoms with E-state index in [4.69, 9.17) is 5.73 Å². The molecule has 0 aliphatic carbocycles. The maximum absolute atomic E-state index is 11.6. The summed E-state index contributed by atoms with van der Waals surface area (Å²) in [7, 11) is 0. The summed E-state index contributed by atoms with van der Waals surface area (Å²) in [6.07, 6.45) is 0. The fourth-order valence-electron chi connectivity index (χ4n) is 1.72. The maximum Gasteiger partial charge on any atom is 0.325 e. The minimum Gasteiger partial charge on any atom is -0.322 e. The molecule has 0 saturated heterocycles. The highest BCUT2D eigenvalue weighted by atomic mass is 16.6. The SMILES string of the molecule is Cc1nc([NH+]=C(N)Nc2cccc([N+](=O)[O-])c2)[nH]c(=O)c1C. The van der Waals surface area contributed by atoms with Gasteiger partial charge in [0, 0.05) is 12.1 Å². The Morgan fingerprint density at radius 2 is 2.18 bits per heavy atom. The van der Waals surface area contributed by atoms with E-state index < -0.39 is 4.92 Å². The van der Waals surface area contributed by atoms with Crippen LogP contribution in [0.15, 0.2) is 29.1 Å². The smallest absolute Gasteiger partial charge is 0.322 e. The largest absolute Gasteiger partial charge is 0.325 e. The quantitative estimate of drug-likeness (QED) is 0.259. The second-order valence-corrected chi connectivity index (χ2v) is 4.60. The lowest BCUT2D eigenvalue weighted by Crippen LogP contribution is -2.73. The summed E-state index contributed by atoms with van der Waals surface area (Å²) in [6, 6.07) is 5.87. The van der Waals surface area contributed by atoms with E-state index in [9.17, 15) is 14.9 Å². The number of guanidine groups is 1. The van der Waals surface area contributed by atoms with Crippen LogP contribution in [0.25, 0.3) is 0 Å². The normalized spacial score (nSPS) is 11.3. The number of aromatic amines is 1. The molecule has 1 aromatic carbocycles. The van der Waals surface area contributed by atoms with Crippen LogP contribution >= 0.6 is 0 Å². The minimum absolute atomic E-state index is 0.0597. The van der Waals surface area contributed by atoms with E-state index in [-0.39, 0.29) is 23.2 Å². The number of rotatable bonds is 3. The molecule has 0 saturated carbocycles. The Hall–Kier alpha value is -3.23. The van der Waals surface area contributed by atoms with Crippen LogP contribution in [0.1, 0.15) is 11.3 Å². The Kier molecular flexibility index (Phi) is 4.16. The Morgan fingerprint density at radius 3 is 2.82 bits per heavy atom. The molecule has 0 aliphatic heterocycles. The molecule has 9 heteroatoms. The Bertz CT molecular complexity index is 812. The number of nitrogens with zero attached hydrogens (tertiary/aromatic N) is 2. The van der Waals surface area contributed by atoms with Crippen molar-refractivity contribution in [2.24, 2.45) is 5.73 Å². The summed E-state index contributed by atoms with van der Waals surface area (Å²) in [6.45, 7) is 3.37. The summed E-state index contributed by atoms with van der Waals surface area (Å²) in [5.74, 6) is 0.260. The van der Waals surface area contributed by atoms with Crippen LogP contribution in [-0.4, -0.2) is 20.9 Å². The van der Waals surface area contributed by atoms with Gasteiger partial charge in [-0.15, -0.1) is 4.98 Å². The summed E-state index contributed by atoms with van der Waals surface area (Å²) in [5.41, 5.74) is 6.98. The van der Waals surface area contributed by atoms with E-state index >= 15 is 0 Å². The number of aromatic nitrogens is 2. The second-order valence-electron chi connectivity index (χ2n) is 4.60. The third kappa shape index (κ3) is 3.45. The van der Waals surface area contributed by atoms with Crippen LogP contribution in [0.3, 0.4) is 0 Å². The van der Waals surface area contributed by atoms with Gasteiger partial charge in [-0.2, -0.15) is 0 Å². The van der Waals surface area contributed by atoms with E-state index in [2.05, 4.69) is 20.3 Å². The van der Waals surface area contributed by atoms with Crippen LogP contribution in [0, 0.1) is 24.0 Å². The van der Waals surface area contributed by atoms with Gasteiger partial charge in [-0.1, -0.05) is 6.07 Å². The zero-order valence-corrected chi connectivity index (χ0v) is 12.0. The average molecular weight is 303 g/mol. The molecule has 5 N–H and O–H groups in total. The van der Waals surface area contributed by atoms with E-state index in [1.165, 1.54) is 18.2 Å². The molecule has 1 aromatic heterocycles. The molecule has 0 fully saturated rings. The summed E-state index contributed by atoms with van der Waals surface area (Å²) < 4.78 is 0. The van der Waals surface area contributed by atoms with E-state index in [1.807, 2.05) is 0 Å². The average Bonchev–Trinajstić information content (AvgIpc) is 2.44. The van der Waals surface area contributed by atoms with Gasteiger partial charge < -0.3 is 5.73 Å². The zero-order chi connectivity index (χ0) is 16.3. The topological polar surface area (TPSA) is 141 Å². The van der Waals surface area contributed by atoms with Crippen molar-refractivity contribution in [2.45, 2.75) is 13.8 Å². The lowest BCUT2D eigenvalue weighted by molar-refractivity contribution is -0.384. The monoisotopic (exact) mass is 303 g/mol. The number of nitrogens with one attached hydrogen (secondary N) is 3. The standard InChI is InChI=1S/C13H14N6O3/c1-7-8(2)15-13(17-11(7)20)18-12(14)16-9-4-3-5-10(6-9)19(21)22/h3-6H,1-2H3,(H4,14,15,16,17,18,20)/p+1. The molecule has 2 rings (SSSR count). The molecule has 0 amide bonds. The highest BCUT2D eigenvalue weighted by Gasteiger charge is 2.10. The number of anilines is 1. The van der Waals surface area contributed by atoms with Gasteiger partial charge in [0.05, 0.1) is 21.9 Å². The van der Waals surface area contributed by atoms with Crippen molar-refractivity contribution in [3.8, 4) is 0 Å². The fourth-order valence-corrected chi connectivity index (χ4v) is 1.72. The predicted molar refractivity (Wildman–Crippen MR) is 80.9 cm³/mol. The summed E-state index contributed by atoms with van der Waals surface area (Å²) >= 11 is 0. The predicted octanol–water partition coefficient (Wildman–Crippen LogP) is -0.566. The first kappa shape index (κ1) is 15.2. The lowest BCUT2D eigenvalue weighted by atomic mass is 10.3. The van der Waals surface area contributed by atoms with Crippen LogP contribution in [0.5, 0.6) is 0 Å². The summed E-state index contributed by atoms with van der Waals surface area (Å²) in [4.78, 5) is 31.2. The molecular formula is C13H15N6O3+. The number of hydrogen-bond donors (Lipinski definition) is 4. The van der Waals surface area contributed by atoms with Gasteiger partial charge in [-0.25, -0.2) is 9.98 Å². The number of benzene rings is 1. The fraction of sp³-hybridized carbons (Fsp3) is 0.154. The van der Waals surface area contributed by atoms with Gasteiger partial charge in [-0.05, 0) is 19.9 Å². The first-order valence-electron chi connectivity index (χ1n) is 6.35.